The highest BCUT2D eigenvalue weighted by Crippen LogP contribution is 2.14. The minimum Gasteiger partial charge on any atom is -0.467 e. The van der Waals surface area contributed by atoms with Gasteiger partial charge in [0.15, 0.2) is 0 Å². The molecular weight excluding hydrogens is 282 g/mol. The summed E-state index contributed by atoms with van der Waals surface area (Å²) in [5.74, 6) is 2.77. The number of aromatic nitrogens is 3. The largest absolute Gasteiger partial charge is 0.467 e. The molecule has 0 aliphatic carbocycles. The molecule has 2 aromatic rings. The van der Waals surface area contributed by atoms with Gasteiger partial charge in [-0.1, -0.05) is 6.42 Å². The highest BCUT2D eigenvalue weighted by atomic mass is 16.3. The molecular formula is C15H21N5O2. The van der Waals surface area contributed by atoms with Gasteiger partial charge in [-0.3, -0.25) is 0 Å². The molecule has 1 aliphatic heterocycles. The first-order valence-corrected chi connectivity index (χ1v) is 7.78. The number of carbonyl (C=O) groups is 1. The maximum Gasteiger partial charge on any atom is 0.315 e. The molecule has 0 aromatic carbocycles. The first-order valence-electron chi connectivity index (χ1n) is 7.78. The van der Waals surface area contributed by atoms with Crippen LogP contribution in [0.15, 0.2) is 22.8 Å². The lowest BCUT2D eigenvalue weighted by molar-refractivity contribution is 0.239. The smallest absolute Gasteiger partial charge is 0.315 e. The predicted molar refractivity (Wildman–Crippen MR) is 80.2 cm³/mol. The summed E-state index contributed by atoms with van der Waals surface area (Å²) in [6, 6.07) is 3.42. The minimum absolute atomic E-state index is 0.202. The first kappa shape index (κ1) is 14.6. The van der Waals surface area contributed by atoms with E-state index in [0.717, 1.165) is 30.4 Å². The number of aryl methyl sites for hydroxylation is 1. The number of carbonyl (C=O) groups excluding carboxylic acids is 1. The molecule has 2 aromatic heterocycles. The summed E-state index contributed by atoms with van der Waals surface area (Å²) in [4.78, 5) is 11.7. The predicted octanol–water partition coefficient (Wildman–Crippen LogP) is 1.64. The molecule has 118 valence electrons. The Kier molecular flexibility index (Phi) is 4.72. The van der Waals surface area contributed by atoms with Crippen LogP contribution < -0.4 is 10.6 Å². The average Bonchev–Trinajstić information content (AvgIpc) is 3.11. The molecule has 0 saturated heterocycles. The number of rotatable bonds is 5. The molecule has 0 fully saturated rings. The molecule has 0 radical (unpaired) electrons. The zero-order valence-electron chi connectivity index (χ0n) is 12.5. The summed E-state index contributed by atoms with van der Waals surface area (Å²) in [7, 11) is 0. The summed E-state index contributed by atoms with van der Waals surface area (Å²) in [6.45, 7) is 1.92. The third kappa shape index (κ3) is 3.66. The van der Waals surface area contributed by atoms with Gasteiger partial charge in [-0.25, -0.2) is 4.79 Å². The van der Waals surface area contributed by atoms with E-state index in [0.29, 0.717) is 19.5 Å². The highest BCUT2D eigenvalue weighted by Gasteiger charge is 2.14. The van der Waals surface area contributed by atoms with Crippen LogP contribution in [0.3, 0.4) is 0 Å². The summed E-state index contributed by atoms with van der Waals surface area (Å²) in [5.41, 5.74) is 0. The molecule has 3 heterocycles. The monoisotopic (exact) mass is 303 g/mol. The molecule has 0 bridgehead atoms. The van der Waals surface area contributed by atoms with E-state index in [2.05, 4.69) is 25.4 Å². The third-order valence-electron chi connectivity index (χ3n) is 3.82. The van der Waals surface area contributed by atoms with Gasteiger partial charge in [0, 0.05) is 25.9 Å². The number of hydrogen-bond donors (Lipinski definition) is 2. The van der Waals surface area contributed by atoms with Crippen molar-refractivity contribution in [3.8, 4) is 0 Å². The van der Waals surface area contributed by atoms with E-state index < -0.39 is 0 Å². The SMILES string of the molecule is O=C(NCCc1nnc2n1CCCCC2)NCc1ccco1. The fourth-order valence-corrected chi connectivity index (χ4v) is 2.66. The summed E-state index contributed by atoms with van der Waals surface area (Å²) < 4.78 is 7.36. The number of hydrogen-bond acceptors (Lipinski definition) is 4. The van der Waals surface area contributed by atoms with E-state index in [1.807, 2.05) is 6.07 Å². The standard InChI is InChI=1S/C15H21N5O2/c21-15(17-11-12-5-4-10-22-12)16-8-7-14-19-18-13-6-2-1-3-9-20(13)14/h4-5,10H,1-3,6-9,11H2,(H2,16,17,21). The van der Waals surface area contributed by atoms with E-state index in [1.54, 1.807) is 12.3 Å². The lowest BCUT2D eigenvalue weighted by Gasteiger charge is -2.08. The van der Waals surface area contributed by atoms with Crippen LogP contribution in [-0.4, -0.2) is 27.3 Å². The van der Waals surface area contributed by atoms with Gasteiger partial charge in [-0.15, -0.1) is 10.2 Å². The Morgan fingerprint density at radius 1 is 1.27 bits per heavy atom. The minimum atomic E-state index is -0.202. The summed E-state index contributed by atoms with van der Waals surface area (Å²) in [6.07, 6.45) is 6.90. The van der Waals surface area contributed by atoms with Crippen molar-refractivity contribution < 1.29 is 9.21 Å². The van der Waals surface area contributed by atoms with E-state index in [4.69, 9.17) is 4.42 Å². The Labute approximate surface area is 129 Å². The second kappa shape index (κ2) is 7.11. The Balaban J connectivity index is 1.43. The van der Waals surface area contributed by atoms with Crippen molar-refractivity contribution in [3.05, 3.63) is 35.8 Å². The summed E-state index contributed by atoms with van der Waals surface area (Å²) >= 11 is 0. The van der Waals surface area contributed by atoms with Crippen molar-refractivity contribution in [2.24, 2.45) is 0 Å². The lowest BCUT2D eigenvalue weighted by atomic mass is 10.2. The van der Waals surface area contributed by atoms with Crippen LogP contribution in [0, 0.1) is 0 Å². The third-order valence-corrected chi connectivity index (χ3v) is 3.82. The van der Waals surface area contributed by atoms with E-state index in [-0.39, 0.29) is 6.03 Å². The van der Waals surface area contributed by atoms with Crippen LogP contribution in [0.2, 0.25) is 0 Å². The van der Waals surface area contributed by atoms with Gasteiger partial charge in [0.05, 0.1) is 12.8 Å². The van der Waals surface area contributed by atoms with Crippen molar-refractivity contribution >= 4 is 6.03 Å². The van der Waals surface area contributed by atoms with Crippen molar-refractivity contribution in [2.45, 2.75) is 45.2 Å². The van der Waals surface area contributed by atoms with Crippen LogP contribution in [0.1, 0.15) is 36.7 Å². The Hall–Kier alpha value is -2.31. The van der Waals surface area contributed by atoms with Crippen molar-refractivity contribution in [2.75, 3.05) is 6.54 Å². The topological polar surface area (TPSA) is 85.0 Å². The van der Waals surface area contributed by atoms with Crippen molar-refractivity contribution in [3.63, 3.8) is 0 Å². The Bertz CT molecular complexity index is 605. The number of furan rings is 1. The van der Waals surface area contributed by atoms with Gasteiger partial charge in [-0.05, 0) is 25.0 Å². The fraction of sp³-hybridized carbons (Fsp3) is 0.533. The van der Waals surface area contributed by atoms with Gasteiger partial charge in [0.2, 0.25) is 0 Å². The molecule has 1 aliphatic rings. The highest BCUT2D eigenvalue weighted by molar-refractivity contribution is 5.73. The summed E-state index contributed by atoms with van der Waals surface area (Å²) in [5, 5.41) is 14.1. The van der Waals surface area contributed by atoms with E-state index >= 15 is 0 Å². The molecule has 0 saturated carbocycles. The second-order valence-electron chi connectivity index (χ2n) is 5.43. The average molecular weight is 303 g/mol. The molecule has 0 unspecified atom stereocenters. The van der Waals surface area contributed by atoms with Crippen LogP contribution in [-0.2, 0) is 25.9 Å². The number of urea groups is 1. The van der Waals surface area contributed by atoms with Gasteiger partial charge in [-0.2, -0.15) is 0 Å². The maximum absolute atomic E-state index is 11.7. The molecule has 0 spiro atoms. The number of nitrogens with one attached hydrogen (secondary N) is 2. The number of nitrogens with zero attached hydrogens (tertiary/aromatic N) is 3. The van der Waals surface area contributed by atoms with E-state index in [1.165, 1.54) is 19.3 Å². The lowest BCUT2D eigenvalue weighted by Crippen LogP contribution is -2.36. The second-order valence-corrected chi connectivity index (χ2v) is 5.43. The number of fused-ring (bicyclic) bond motifs is 1. The zero-order valence-corrected chi connectivity index (χ0v) is 12.5. The van der Waals surface area contributed by atoms with Crippen molar-refractivity contribution in [1.82, 2.24) is 25.4 Å². The molecule has 7 heteroatoms. The Morgan fingerprint density at radius 2 is 2.23 bits per heavy atom. The normalized spacial score (nSPS) is 14.2. The van der Waals surface area contributed by atoms with Crippen LogP contribution in [0.4, 0.5) is 4.79 Å². The van der Waals surface area contributed by atoms with Crippen LogP contribution in [0.25, 0.3) is 0 Å². The molecule has 2 amide bonds. The molecule has 0 atom stereocenters. The van der Waals surface area contributed by atoms with Gasteiger partial charge in [0.25, 0.3) is 0 Å². The zero-order chi connectivity index (χ0) is 15.2. The number of amides is 2. The molecule has 2 N–H and O–H groups in total. The quantitative estimate of drug-likeness (QED) is 0.879. The van der Waals surface area contributed by atoms with Crippen LogP contribution in [0.5, 0.6) is 0 Å². The van der Waals surface area contributed by atoms with Gasteiger partial charge in [0.1, 0.15) is 17.4 Å². The Morgan fingerprint density at radius 3 is 3.09 bits per heavy atom. The van der Waals surface area contributed by atoms with Gasteiger partial charge >= 0.3 is 6.03 Å². The molecule has 7 nitrogen and oxygen atoms in total. The van der Waals surface area contributed by atoms with Gasteiger partial charge < -0.3 is 19.6 Å². The van der Waals surface area contributed by atoms with E-state index in [9.17, 15) is 4.79 Å². The first-order chi connectivity index (χ1) is 10.8. The maximum atomic E-state index is 11.7. The molecule has 3 rings (SSSR count). The van der Waals surface area contributed by atoms with Crippen molar-refractivity contribution in [1.29, 1.82) is 0 Å². The molecule has 22 heavy (non-hydrogen) atoms. The fourth-order valence-electron chi connectivity index (χ4n) is 2.66. The van der Waals surface area contributed by atoms with Crippen LogP contribution >= 0.6 is 0 Å².